The largest absolute Gasteiger partial charge is 0.490 e. The molecule has 0 spiro atoms. The molecule has 2 aromatic heterocycles. The first-order valence-corrected chi connectivity index (χ1v) is 13.1. The molecular weight excluding hydrogens is 486 g/mol. The molecule has 3 aromatic rings. The van der Waals surface area contributed by atoms with Crippen LogP contribution in [0.4, 0.5) is 23.4 Å². The number of para-hydroxylation sites is 2. The third-order valence-corrected chi connectivity index (χ3v) is 6.74. The maximum Gasteiger partial charge on any atom is 0.308 e. The van der Waals surface area contributed by atoms with Gasteiger partial charge in [-0.25, -0.2) is 9.97 Å². The quantitative estimate of drug-likeness (QED) is 0.429. The Bertz CT molecular complexity index is 1240. The number of aliphatic carboxylic acids is 1. The average Bonchev–Trinajstić information content (AvgIpc) is 2.95. The fraction of sp³-hybridized carbons (Fsp3) is 0.444. The van der Waals surface area contributed by atoms with Crippen molar-refractivity contribution in [2.75, 3.05) is 47.9 Å². The summed E-state index contributed by atoms with van der Waals surface area (Å²) in [4.78, 5) is 33.7. The van der Waals surface area contributed by atoms with Crippen LogP contribution in [0, 0.1) is 5.92 Å². The van der Waals surface area contributed by atoms with Gasteiger partial charge in [0.1, 0.15) is 17.7 Å². The molecule has 2 fully saturated rings. The molecule has 4 heterocycles. The van der Waals surface area contributed by atoms with Gasteiger partial charge >= 0.3 is 5.97 Å². The highest BCUT2D eigenvalue weighted by molar-refractivity contribution is 5.71. The third-order valence-electron chi connectivity index (χ3n) is 6.74. The summed E-state index contributed by atoms with van der Waals surface area (Å²) < 4.78 is 12.0. The van der Waals surface area contributed by atoms with Gasteiger partial charge in [-0.1, -0.05) is 12.1 Å². The summed E-state index contributed by atoms with van der Waals surface area (Å²) >= 11 is 0. The molecule has 200 valence electrons. The SMILES string of the molecule is CCOc1ccccc1O[C@@H]1CCCN(c2cncc(Nc3nccc(N4CCCC(C(=O)O)C4)n3)n2)C1. The van der Waals surface area contributed by atoms with Crippen LogP contribution in [0.3, 0.4) is 0 Å². The maximum absolute atomic E-state index is 11.5. The van der Waals surface area contributed by atoms with Crippen molar-refractivity contribution < 1.29 is 19.4 Å². The summed E-state index contributed by atoms with van der Waals surface area (Å²) in [6.45, 7) is 5.29. The summed E-state index contributed by atoms with van der Waals surface area (Å²) in [6.07, 6.45) is 8.47. The number of ether oxygens (including phenoxy) is 2. The molecule has 2 aliphatic heterocycles. The van der Waals surface area contributed by atoms with Crippen molar-refractivity contribution >= 4 is 29.4 Å². The molecule has 38 heavy (non-hydrogen) atoms. The van der Waals surface area contributed by atoms with Crippen molar-refractivity contribution in [1.29, 1.82) is 0 Å². The molecule has 2 saturated heterocycles. The number of carbonyl (C=O) groups is 1. The van der Waals surface area contributed by atoms with E-state index < -0.39 is 5.97 Å². The molecule has 1 aromatic carbocycles. The first kappa shape index (κ1) is 25.5. The molecule has 0 saturated carbocycles. The Morgan fingerprint density at radius 3 is 2.63 bits per heavy atom. The minimum atomic E-state index is -0.766. The zero-order valence-corrected chi connectivity index (χ0v) is 21.5. The van der Waals surface area contributed by atoms with E-state index >= 15 is 0 Å². The fourth-order valence-corrected chi connectivity index (χ4v) is 4.90. The number of nitrogens with one attached hydrogen (secondary N) is 1. The second-order valence-corrected chi connectivity index (χ2v) is 9.46. The summed E-state index contributed by atoms with van der Waals surface area (Å²) in [7, 11) is 0. The van der Waals surface area contributed by atoms with Crippen LogP contribution in [0.2, 0.25) is 0 Å². The smallest absolute Gasteiger partial charge is 0.308 e. The third kappa shape index (κ3) is 6.21. The van der Waals surface area contributed by atoms with E-state index in [9.17, 15) is 9.90 Å². The molecule has 11 heteroatoms. The highest BCUT2D eigenvalue weighted by Gasteiger charge is 2.27. The topological polar surface area (TPSA) is 126 Å². The maximum atomic E-state index is 11.5. The van der Waals surface area contributed by atoms with Gasteiger partial charge in [-0.05, 0) is 50.8 Å². The molecular formula is C27H33N7O4. The number of aromatic nitrogens is 4. The average molecular weight is 520 g/mol. The van der Waals surface area contributed by atoms with E-state index in [1.165, 1.54) is 0 Å². The lowest BCUT2D eigenvalue weighted by atomic mass is 9.98. The second kappa shape index (κ2) is 11.9. The van der Waals surface area contributed by atoms with Crippen LogP contribution in [0.5, 0.6) is 11.5 Å². The Morgan fingerprint density at radius 1 is 1.03 bits per heavy atom. The number of carboxylic acid groups (broad SMARTS) is 1. The molecule has 0 bridgehead atoms. The van der Waals surface area contributed by atoms with E-state index in [-0.39, 0.29) is 12.0 Å². The van der Waals surface area contributed by atoms with Gasteiger partial charge in [0.15, 0.2) is 17.3 Å². The monoisotopic (exact) mass is 519 g/mol. The standard InChI is InChI=1S/C27H33N7O4/c1-2-37-21-9-3-4-10-22(21)38-20-8-6-14-34(18-20)25-16-28-15-23(30-25)31-27-29-12-11-24(32-27)33-13-5-7-19(17-33)26(35)36/h3-4,9-12,15-16,19-20H,2,5-8,13-14,17-18H2,1H3,(H,35,36)(H,29,30,31,32)/t19?,20-/m1/s1. The first-order chi connectivity index (χ1) is 18.6. The lowest BCUT2D eigenvalue weighted by molar-refractivity contribution is -0.141. The van der Waals surface area contributed by atoms with Crippen molar-refractivity contribution in [1.82, 2.24) is 19.9 Å². The van der Waals surface area contributed by atoms with Crippen LogP contribution in [0.25, 0.3) is 0 Å². The number of nitrogens with zero attached hydrogens (tertiary/aromatic N) is 6. The second-order valence-electron chi connectivity index (χ2n) is 9.46. The lowest BCUT2D eigenvalue weighted by Gasteiger charge is -2.33. The van der Waals surface area contributed by atoms with E-state index in [4.69, 9.17) is 14.5 Å². The lowest BCUT2D eigenvalue weighted by Crippen LogP contribution is -2.41. The van der Waals surface area contributed by atoms with Gasteiger partial charge in [-0.15, -0.1) is 0 Å². The van der Waals surface area contributed by atoms with E-state index in [0.29, 0.717) is 43.7 Å². The molecule has 11 nitrogen and oxygen atoms in total. The zero-order valence-electron chi connectivity index (χ0n) is 21.5. The summed E-state index contributed by atoms with van der Waals surface area (Å²) in [5.41, 5.74) is 0. The molecule has 0 amide bonds. The Morgan fingerprint density at radius 2 is 1.82 bits per heavy atom. The van der Waals surface area contributed by atoms with Crippen LogP contribution in [-0.2, 0) is 4.79 Å². The predicted octanol–water partition coefficient (Wildman–Crippen LogP) is 3.76. The number of piperidine rings is 2. The predicted molar refractivity (Wildman–Crippen MR) is 143 cm³/mol. The molecule has 5 rings (SSSR count). The highest BCUT2D eigenvalue weighted by atomic mass is 16.5. The summed E-state index contributed by atoms with van der Waals surface area (Å²) in [6, 6.07) is 9.56. The Kier molecular flexibility index (Phi) is 8.01. The summed E-state index contributed by atoms with van der Waals surface area (Å²) in [5.74, 6) is 2.72. The van der Waals surface area contributed by atoms with Crippen LogP contribution in [-0.4, -0.2) is 69.9 Å². The van der Waals surface area contributed by atoms with Crippen molar-refractivity contribution in [2.45, 2.75) is 38.7 Å². The number of hydrogen-bond donors (Lipinski definition) is 2. The minimum Gasteiger partial charge on any atom is -0.490 e. The van der Waals surface area contributed by atoms with Crippen LogP contribution >= 0.6 is 0 Å². The first-order valence-electron chi connectivity index (χ1n) is 13.1. The number of benzene rings is 1. The van der Waals surface area contributed by atoms with Gasteiger partial charge in [0.2, 0.25) is 5.95 Å². The van der Waals surface area contributed by atoms with Gasteiger partial charge in [0.25, 0.3) is 0 Å². The number of carboxylic acids is 1. The molecule has 1 unspecified atom stereocenters. The van der Waals surface area contributed by atoms with Crippen LogP contribution in [0.15, 0.2) is 48.9 Å². The van der Waals surface area contributed by atoms with E-state index in [2.05, 4.69) is 25.2 Å². The Hall–Kier alpha value is -4.15. The van der Waals surface area contributed by atoms with Crippen molar-refractivity contribution in [3.05, 3.63) is 48.9 Å². The van der Waals surface area contributed by atoms with Gasteiger partial charge in [-0.2, -0.15) is 4.98 Å². The normalized spacial score (nSPS) is 19.6. The highest BCUT2D eigenvalue weighted by Crippen LogP contribution is 2.30. The van der Waals surface area contributed by atoms with Crippen molar-refractivity contribution in [2.24, 2.45) is 5.92 Å². The fourth-order valence-electron chi connectivity index (χ4n) is 4.90. The van der Waals surface area contributed by atoms with Gasteiger partial charge in [-0.3, -0.25) is 9.78 Å². The number of hydrogen-bond acceptors (Lipinski definition) is 10. The molecule has 2 N–H and O–H groups in total. The van der Waals surface area contributed by atoms with Crippen LogP contribution in [0.1, 0.15) is 32.6 Å². The number of anilines is 4. The van der Waals surface area contributed by atoms with Crippen molar-refractivity contribution in [3.63, 3.8) is 0 Å². The van der Waals surface area contributed by atoms with Crippen LogP contribution < -0.4 is 24.6 Å². The van der Waals surface area contributed by atoms with Gasteiger partial charge in [0.05, 0.1) is 31.5 Å². The minimum absolute atomic E-state index is 0.00274. The Labute approximate surface area is 221 Å². The molecule has 2 aliphatic rings. The molecule has 2 atom stereocenters. The molecule has 0 aliphatic carbocycles. The van der Waals surface area contributed by atoms with Gasteiger partial charge < -0.3 is 29.7 Å². The Balaban J connectivity index is 1.24. The van der Waals surface area contributed by atoms with E-state index in [1.54, 1.807) is 24.7 Å². The van der Waals surface area contributed by atoms with Gasteiger partial charge in [0, 0.05) is 25.8 Å². The number of rotatable bonds is 9. The summed E-state index contributed by atoms with van der Waals surface area (Å²) in [5, 5.41) is 12.6. The van der Waals surface area contributed by atoms with E-state index in [1.807, 2.05) is 36.1 Å². The zero-order chi connectivity index (χ0) is 26.3. The van der Waals surface area contributed by atoms with Crippen molar-refractivity contribution in [3.8, 4) is 11.5 Å². The molecule has 0 radical (unpaired) electrons. The van der Waals surface area contributed by atoms with E-state index in [0.717, 1.165) is 49.7 Å².